The Kier molecular flexibility index (Phi) is 4.56. The maximum absolute atomic E-state index is 12.5. The zero-order valence-corrected chi connectivity index (χ0v) is 14.1. The third-order valence-electron chi connectivity index (χ3n) is 4.17. The van der Waals surface area contributed by atoms with Crippen LogP contribution in [-0.2, 0) is 11.2 Å². The van der Waals surface area contributed by atoms with E-state index in [4.69, 9.17) is 5.84 Å². The van der Waals surface area contributed by atoms with Crippen molar-refractivity contribution in [2.45, 2.75) is 49.6 Å². The van der Waals surface area contributed by atoms with Crippen LogP contribution in [-0.4, -0.2) is 26.0 Å². The van der Waals surface area contributed by atoms with Gasteiger partial charge >= 0.3 is 0 Å². The predicted octanol–water partition coefficient (Wildman–Crippen LogP) is 1.97. The Morgan fingerprint density at radius 1 is 1.43 bits per heavy atom. The molecule has 0 fully saturated rings. The number of carbonyl (C=O) groups excluding carboxylic acids is 1. The second kappa shape index (κ2) is 6.62. The number of thioether (sulfide) groups is 1. The highest BCUT2D eigenvalue weighted by Gasteiger charge is 2.25. The van der Waals surface area contributed by atoms with Crippen LogP contribution >= 0.6 is 11.8 Å². The van der Waals surface area contributed by atoms with E-state index in [1.54, 1.807) is 6.92 Å². The molecule has 7 heteroatoms. The molecule has 122 valence electrons. The third-order valence-corrected chi connectivity index (χ3v) is 5.23. The number of nitrogen functional groups attached to an aromatic ring is 1. The minimum Gasteiger partial charge on any atom is -0.348 e. The van der Waals surface area contributed by atoms with Gasteiger partial charge in [0.25, 0.3) is 0 Å². The van der Waals surface area contributed by atoms with E-state index in [-0.39, 0.29) is 17.2 Å². The first-order valence-electron chi connectivity index (χ1n) is 7.78. The molecule has 2 aromatic rings. The van der Waals surface area contributed by atoms with Crippen LogP contribution in [0.1, 0.15) is 42.8 Å². The number of fused-ring (bicyclic) bond motifs is 1. The second-order valence-corrected chi connectivity index (χ2v) is 7.12. The molecule has 0 bridgehead atoms. The van der Waals surface area contributed by atoms with E-state index in [1.165, 1.54) is 27.6 Å². The molecule has 23 heavy (non-hydrogen) atoms. The highest BCUT2D eigenvalue weighted by molar-refractivity contribution is 8.00. The van der Waals surface area contributed by atoms with E-state index in [0.717, 1.165) is 19.3 Å². The summed E-state index contributed by atoms with van der Waals surface area (Å²) >= 11 is 1.32. The lowest BCUT2D eigenvalue weighted by Gasteiger charge is -2.27. The molecular weight excluding hydrogens is 310 g/mol. The number of hydrogen-bond acceptors (Lipinski definition) is 5. The number of nitrogens with one attached hydrogen (secondary N) is 1. The predicted molar refractivity (Wildman–Crippen MR) is 90.5 cm³/mol. The average molecular weight is 331 g/mol. The number of amides is 1. The van der Waals surface area contributed by atoms with Gasteiger partial charge in [-0.15, -0.1) is 10.2 Å². The van der Waals surface area contributed by atoms with Crippen molar-refractivity contribution in [2.75, 3.05) is 5.84 Å². The molecule has 0 saturated heterocycles. The average Bonchev–Trinajstić information content (AvgIpc) is 2.87. The Hall–Kier alpha value is -2.02. The van der Waals surface area contributed by atoms with Gasteiger partial charge in [-0.05, 0) is 44.2 Å². The summed E-state index contributed by atoms with van der Waals surface area (Å²) in [4.78, 5) is 12.5. The second-order valence-electron chi connectivity index (χ2n) is 5.81. The summed E-state index contributed by atoms with van der Waals surface area (Å²) in [6, 6.07) is 8.43. The van der Waals surface area contributed by atoms with E-state index in [1.807, 2.05) is 13.0 Å². The van der Waals surface area contributed by atoms with Crippen molar-refractivity contribution in [1.29, 1.82) is 0 Å². The van der Waals surface area contributed by atoms with E-state index in [2.05, 4.69) is 33.7 Å². The van der Waals surface area contributed by atoms with Gasteiger partial charge in [0.2, 0.25) is 11.1 Å². The molecule has 3 N–H and O–H groups in total. The summed E-state index contributed by atoms with van der Waals surface area (Å²) in [6.45, 7) is 3.64. The number of rotatable bonds is 4. The van der Waals surface area contributed by atoms with Gasteiger partial charge in [-0.1, -0.05) is 36.0 Å². The monoisotopic (exact) mass is 331 g/mol. The quantitative estimate of drug-likeness (QED) is 0.661. The first-order valence-corrected chi connectivity index (χ1v) is 8.66. The minimum atomic E-state index is -0.282. The van der Waals surface area contributed by atoms with Gasteiger partial charge in [-0.3, -0.25) is 4.79 Å². The highest BCUT2D eigenvalue weighted by Crippen LogP contribution is 2.30. The van der Waals surface area contributed by atoms with Gasteiger partial charge in [0.05, 0.1) is 11.3 Å². The Balaban J connectivity index is 1.66. The Morgan fingerprint density at radius 2 is 2.22 bits per heavy atom. The van der Waals surface area contributed by atoms with Crippen molar-refractivity contribution in [3.8, 4) is 0 Å². The third kappa shape index (κ3) is 3.34. The van der Waals surface area contributed by atoms with Crippen molar-refractivity contribution in [1.82, 2.24) is 20.2 Å². The lowest BCUT2D eigenvalue weighted by atomic mass is 9.88. The highest BCUT2D eigenvalue weighted by atomic mass is 32.2. The maximum Gasteiger partial charge on any atom is 0.233 e. The fourth-order valence-electron chi connectivity index (χ4n) is 2.83. The maximum atomic E-state index is 12.5. The molecule has 0 radical (unpaired) electrons. The molecule has 2 atom stereocenters. The normalized spacial score (nSPS) is 18.3. The SMILES string of the molecule is Cc1nnc(S[C@@H](C)C(=O)N[C@@H]2CCCc3ccccc32)n1N. The lowest BCUT2D eigenvalue weighted by molar-refractivity contribution is -0.121. The first kappa shape index (κ1) is 15.9. The molecule has 1 heterocycles. The number of nitrogens with two attached hydrogens (primary N) is 1. The topological polar surface area (TPSA) is 85.8 Å². The molecule has 3 rings (SSSR count). The van der Waals surface area contributed by atoms with Gasteiger partial charge in [-0.2, -0.15) is 0 Å². The molecule has 0 aliphatic heterocycles. The summed E-state index contributed by atoms with van der Waals surface area (Å²) in [5.41, 5.74) is 2.57. The fourth-order valence-corrected chi connectivity index (χ4v) is 3.66. The summed E-state index contributed by atoms with van der Waals surface area (Å²) in [6.07, 6.45) is 3.16. The number of carbonyl (C=O) groups is 1. The van der Waals surface area contributed by atoms with Crippen LogP contribution in [0.5, 0.6) is 0 Å². The lowest BCUT2D eigenvalue weighted by Crippen LogP contribution is -2.36. The summed E-state index contributed by atoms with van der Waals surface area (Å²) in [7, 11) is 0. The van der Waals surface area contributed by atoms with Crippen LogP contribution in [0.4, 0.5) is 0 Å². The van der Waals surface area contributed by atoms with Crippen LogP contribution in [0.2, 0.25) is 0 Å². The number of hydrogen-bond donors (Lipinski definition) is 2. The van der Waals surface area contributed by atoms with Crippen LogP contribution in [0.25, 0.3) is 0 Å². The molecule has 0 unspecified atom stereocenters. The molecule has 0 saturated carbocycles. The number of aromatic nitrogens is 3. The Labute approximate surface area is 139 Å². The Morgan fingerprint density at radius 3 is 2.96 bits per heavy atom. The van der Waals surface area contributed by atoms with Crippen LogP contribution in [0.15, 0.2) is 29.4 Å². The van der Waals surface area contributed by atoms with Gasteiger partial charge in [0.1, 0.15) is 5.82 Å². The molecule has 1 aromatic heterocycles. The largest absolute Gasteiger partial charge is 0.348 e. The van der Waals surface area contributed by atoms with Crippen LogP contribution in [0.3, 0.4) is 0 Å². The zero-order chi connectivity index (χ0) is 16.4. The summed E-state index contributed by atoms with van der Waals surface area (Å²) < 4.78 is 1.41. The van der Waals surface area contributed by atoms with Crippen molar-refractivity contribution < 1.29 is 4.79 Å². The van der Waals surface area contributed by atoms with Crippen molar-refractivity contribution >= 4 is 17.7 Å². The number of benzene rings is 1. The van der Waals surface area contributed by atoms with Crippen molar-refractivity contribution in [3.63, 3.8) is 0 Å². The first-order chi connectivity index (χ1) is 11.1. The van der Waals surface area contributed by atoms with Gasteiger partial charge in [0, 0.05) is 0 Å². The van der Waals surface area contributed by atoms with Gasteiger partial charge in [-0.25, -0.2) is 4.68 Å². The van der Waals surface area contributed by atoms with Crippen molar-refractivity contribution in [2.24, 2.45) is 0 Å². The molecule has 1 aliphatic carbocycles. The van der Waals surface area contributed by atoms with E-state index in [9.17, 15) is 4.79 Å². The van der Waals surface area contributed by atoms with Crippen LogP contribution in [0, 0.1) is 6.92 Å². The molecule has 1 amide bonds. The van der Waals surface area contributed by atoms with Gasteiger partial charge in [0.15, 0.2) is 0 Å². The van der Waals surface area contributed by atoms with Crippen molar-refractivity contribution in [3.05, 3.63) is 41.2 Å². The minimum absolute atomic E-state index is 0.00245. The van der Waals surface area contributed by atoms with Crippen LogP contribution < -0.4 is 11.2 Å². The molecule has 1 aliphatic rings. The van der Waals surface area contributed by atoms with Gasteiger partial charge < -0.3 is 11.2 Å². The van der Waals surface area contributed by atoms with E-state index in [0.29, 0.717) is 11.0 Å². The van der Waals surface area contributed by atoms with E-state index < -0.39 is 0 Å². The van der Waals surface area contributed by atoms with E-state index >= 15 is 0 Å². The molecule has 1 aromatic carbocycles. The fraction of sp³-hybridized carbons (Fsp3) is 0.438. The summed E-state index contributed by atoms with van der Waals surface area (Å²) in [5, 5.41) is 11.3. The zero-order valence-electron chi connectivity index (χ0n) is 13.3. The standard InChI is InChI=1S/C16H21N5OS/c1-10(23-16-20-19-11(2)21(16)17)15(22)18-14-9-5-7-12-6-3-4-8-13(12)14/h3-4,6,8,10,14H,5,7,9,17H2,1-2H3,(H,18,22)/t10-,14+/m0/s1. The Bertz CT molecular complexity index is 714. The molecule has 0 spiro atoms. The smallest absolute Gasteiger partial charge is 0.233 e. The molecular formula is C16H21N5OS. The summed E-state index contributed by atoms with van der Waals surface area (Å²) in [5.74, 6) is 6.46. The number of aryl methyl sites for hydroxylation is 2. The number of nitrogens with zero attached hydrogens (tertiary/aromatic N) is 3. The molecule has 6 nitrogen and oxygen atoms in total.